The van der Waals surface area contributed by atoms with Gasteiger partial charge in [-0.25, -0.2) is 0 Å². The summed E-state index contributed by atoms with van der Waals surface area (Å²) < 4.78 is 16.0. The molecule has 0 aliphatic carbocycles. The van der Waals surface area contributed by atoms with Gasteiger partial charge in [0.05, 0.1) is 40.1 Å². The monoisotopic (exact) mass is 384 g/mol. The zero-order valence-electron chi connectivity index (χ0n) is 16.0. The third-order valence-corrected chi connectivity index (χ3v) is 4.09. The van der Waals surface area contributed by atoms with E-state index >= 15 is 0 Å². The minimum Gasteiger partial charge on any atom is -0.497 e. The maximum absolute atomic E-state index is 13.0. The number of hydrogen-bond donors (Lipinski definition) is 2. The van der Waals surface area contributed by atoms with E-state index < -0.39 is 0 Å². The van der Waals surface area contributed by atoms with Gasteiger partial charge in [0, 0.05) is 31.3 Å². The van der Waals surface area contributed by atoms with Crippen molar-refractivity contribution < 1.29 is 34.0 Å². The van der Waals surface area contributed by atoms with Gasteiger partial charge in [-0.05, 0) is 19.2 Å². The first-order chi connectivity index (χ1) is 13.0. The third kappa shape index (κ3) is 7.05. The summed E-state index contributed by atoms with van der Waals surface area (Å²) in [4.78, 5) is 25.2. The fraction of sp³-hybridized carbons (Fsp3) is 0.556. The maximum atomic E-state index is 13.0. The molecule has 1 atom stereocenters. The van der Waals surface area contributed by atoms with E-state index in [-0.39, 0.29) is 25.0 Å². The molecule has 0 radical (unpaired) electrons. The Bertz CT molecular complexity index is 575. The lowest BCUT2D eigenvalue weighted by molar-refractivity contribution is -0.122. The highest BCUT2D eigenvalue weighted by molar-refractivity contribution is 5.95. The smallest absolute Gasteiger partial charge is 0.290 e. The van der Waals surface area contributed by atoms with Crippen LogP contribution in [-0.2, 0) is 9.53 Å². The molecule has 0 saturated carbocycles. The number of aliphatic hydroxyl groups is 1. The highest BCUT2D eigenvalue weighted by Gasteiger charge is 2.29. The summed E-state index contributed by atoms with van der Waals surface area (Å²) in [6.07, 6.45) is 0. The number of amides is 1. The van der Waals surface area contributed by atoms with Crippen molar-refractivity contribution in [2.45, 2.75) is 6.04 Å². The van der Waals surface area contributed by atoms with Crippen molar-refractivity contribution in [2.75, 3.05) is 60.7 Å². The Morgan fingerprint density at radius 2 is 1.93 bits per heavy atom. The average molecular weight is 384 g/mol. The van der Waals surface area contributed by atoms with E-state index in [1.165, 1.54) is 0 Å². The lowest BCUT2D eigenvalue weighted by Crippen LogP contribution is -2.53. The van der Waals surface area contributed by atoms with Gasteiger partial charge in [-0.2, -0.15) is 0 Å². The molecule has 9 heteroatoms. The van der Waals surface area contributed by atoms with Crippen LogP contribution < -0.4 is 9.47 Å². The van der Waals surface area contributed by atoms with Gasteiger partial charge in [0.2, 0.25) is 0 Å². The number of rotatable bonds is 7. The van der Waals surface area contributed by atoms with Gasteiger partial charge in [0.15, 0.2) is 0 Å². The molecule has 1 heterocycles. The Kier molecular flexibility index (Phi) is 10.2. The van der Waals surface area contributed by atoms with Crippen molar-refractivity contribution >= 4 is 12.4 Å². The highest BCUT2D eigenvalue weighted by atomic mass is 16.5. The van der Waals surface area contributed by atoms with Crippen molar-refractivity contribution in [3.63, 3.8) is 0 Å². The molecule has 2 rings (SSSR count). The molecule has 1 amide bonds. The molecule has 1 unspecified atom stereocenters. The van der Waals surface area contributed by atoms with E-state index in [0.29, 0.717) is 49.9 Å². The topological polar surface area (TPSA) is 109 Å². The first-order valence-corrected chi connectivity index (χ1v) is 8.49. The van der Waals surface area contributed by atoms with E-state index in [0.717, 1.165) is 0 Å². The van der Waals surface area contributed by atoms with Crippen molar-refractivity contribution in [3.05, 3.63) is 23.8 Å². The van der Waals surface area contributed by atoms with Crippen molar-refractivity contribution in [1.82, 2.24) is 9.80 Å². The molecular weight excluding hydrogens is 356 g/mol. The summed E-state index contributed by atoms with van der Waals surface area (Å²) in [6.45, 7) is 2.59. The number of nitrogens with zero attached hydrogens (tertiary/aromatic N) is 2. The van der Waals surface area contributed by atoms with Crippen LogP contribution >= 0.6 is 0 Å². The molecular formula is C18H28N2O7. The fourth-order valence-electron chi connectivity index (χ4n) is 2.79. The highest BCUT2D eigenvalue weighted by Crippen LogP contribution is 2.24. The molecule has 1 aliphatic heterocycles. The first kappa shape index (κ1) is 22.7. The molecule has 1 saturated heterocycles. The number of carbonyl (C=O) groups is 2. The number of ether oxygens (including phenoxy) is 3. The molecule has 2 N–H and O–H groups in total. The molecule has 1 aromatic rings. The molecule has 27 heavy (non-hydrogen) atoms. The number of aliphatic hydroxyl groups excluding tert-OH is 1. The maximum Gasteiger partial charge on any atom is 0.290 e. The molecule has 1 aromatic carbocycles. The number of methoxy groups -OCH3 is 2. The average Bonchev–Trinajstić information content (AvgIpc) is 2.68. The minimum atomic E-state index is -0.250. The summed E-state index contributed by atoms with van der Waals surface area (Å²) in [5.74, 6) is 1.10. The van der Waals surface area contributed by atoms with Gasteiger partial charge in [-0.1, -0.05) is 0 Å². The molecule has 152 valence electrons. The second-order valence-corrected chi connectivity index (χ2v) is 5.92. The van der Waals surface area contributed by atoms with Crippen LogP contribution in [0.2, 0.25) is 0 Å². The standard InChI is InChI=1S/C17H26N2O5.CH2O2/c1-18(4-6-20)11-14-12-24-7-5-19(14)17(21)13-8-15(22-2)10-16(9-13)23-3;2-1-3/h8-10,14,20H,4-7,11-12H2,1-3H3;1H,(H,2,3). The Labute approximate surface area is 159 Å². The number of likely N-dealkylation sites (N-methyl/N-ethyl adjacent to an activating group) is 1. The second-order valence-electron chi connectivity index (χ2n) is 5.92. The summed E-state index contributed by atoms with van der Waals surface area (Å²) in [5, 5.41) is 15.9. The van der Waals surface area contributed by atoms with E-state index in [2.05, 4.69) is 0 Å². The van der Waals surface area contributed by atoms with Crippen molar-refractivity contribution in [3.8, 4) is 11.5 Å². The van der Waals surface area contributed by atoms with Gasteiger partial charge >= 0.3 is 0 Å². The van der Waals surface area contributed by atoms with Gasteiger partial charge in [0.25, 0.3) is 12.4 Å². The molecule has 9 nitrogen and oxygen atoms in total. The Morgan fingerprint density at radius 1 is 1.33 bits per heavy atom. The number of benzene rings is 1. The van der Waals surface area contributed by atoms with Crippen LogP contribution in [0.4, 0.5) is 0 Å². The van der Waals surface area contributed by atoms with E-state index in [4.69, 9.17) is 29.2 Å². The summed E-state index contributed by atoms with van der Waals surface area (Å²) in [6, 6.07) is 5.12. The molecule has 0 spiro atoms. The van der Waals surface area contributed by atoms with Crippen LogP contribution in [-0.4, -0.2) is 99.2 Å². The zero-order chi connectivity index (χ0) is 20.2. The Hall–Kier alpha value is -2.36. The van der Waals surface area contributed by atoms with Crippen LogP contribution in [0.25, 0.3) is 0 Å². The fourth-order valence-corrected chi connectivity index (χ4v) is 2.79. The van der Waals surface area contributed by atoms with Gasteiger partial charge in [0.1, 0.15) is 11.5 Å². The number of morpholine rings is 1. The molecule has 1 aliphatic rings. The van der Waals surface area contributed by atoms with Gasteiger partial charge in [-0.3, -0.25) is 9.59 Å². The quantitative estimate of drug-likeness (QED) is 0.641. The van der Waals surface area contributed by atoms with Gasteiger partial charge < -0.3 is 34.2 Å². The predicted octanol–water partition coefficient (Wildman–Crippen LogP) is 0.170. The predicted molar refractivity (Wildman–Crippen MR) is 98.5 cm³/mol. The first-order valence-electron chi connectivity index (χ1n) is 8.49. The van der Waals surface area contributed by atoms with Crippen LogP contribution in [0.5, 0.6) is 11.5 Å². The lowest BCUT2D eigenvalue weighted by atomic mass is 10.1. The lowest BCUT2D eigenvalue weighted by Gasteiger charge is -2.37. The molecule has 1 fully saturated rings. The SMILES string of the molecule is COc1cc(OC)cc(C(=O)N2CCOCC2CN(C)CCO)c1.O=CO. The second kappa shape index (κ2) is 12.1. The van der Waals surface area contributed by atoms with Crippen LogP contribution in [0.3, 0.4) is 0 Å². The van der Waals surface area contributed by atoms with Gasteiger partial charge in [-0.15, -0.1) is 0 Å². The van der Waals surface area contributed by atoms with Crippen LogP contribution in [0, 0.1) is 0 Å². The molecule has 0 aromatic heterocycles. The Morgan fingerprint density at radius 3 is 2.44 bits per heavy atom. The summed E-state index contributed by atoms with van der Waals surface area (Å²) >= 11 is 0. The third-order valence-electron chi connectivity index (χ3n) is 4.09. The van der Waals surface area contributed by atoms with Crippen LogP contribution in [0.15, 0.2) is 18.2 Å². The van der Waals surface area contributed by atoms with E-state index in [1.807, 2.05) is 16.8 Å². The number of carboxylic acid groups (broad SMARTS) is 1. The van der Waals surface area contributed by atoms with Crippen molar-refractivity contribution in [2.24, 2.45) is 0 Å². The van der Waals surface area contributed by atoms with Crippen molar-refractivity contribution in [1.29, 1.82) is 0 Å². The summed E-state index contributed by atoms with van der Waals surface area (Å²) in [5.41, 5.74) is 0.530. The minimum absolute atomic E-state index is 0.0556. The zero-order valence-corrected chi connectivity index (χ0v) is 16.0. The summed E-state index contributed by atoms with van der Waals surface area (Å²) in [7, 11) is 5.04. The molecule has 0 bridgehead atoms. The number of carbonyl (C=O) groups excluding carboxylic acids is 1. The normalized spacial score (nSPS) is 16.3. The van der Waals surface area contributed by atoms with Crippen LogP contribution in [0.1, 0.15) is 10.4 Å². The van der Waals surface area contributed by atoms with E-state index in [1.54, 1.807) is 32.4 Å². The largest absolute Gasteiger partial charge is 0.497 e. The van der Waals surface area contributed by atoms with E-state index in [9.17, 15) is 4.79 Å². The Balaban J connectivity index is 0.00000114. The number of hydrogen-bond acceptors (Lipinski definition) is 7.